The van der Waals surface area contributed by atoms with Crippen molar-refractivity contribution in [3.8, 4) is 0 Å². The first-order valence-electron chi connectivity index (χ1n) is 11.8. The number of hydrogen-bond donors (Lipinski definition) is 0. The molecule has 2 aromatic rings. The van der Waals surface area contributed by atoms with Crippen LogP contribution in [0.15, 0.2) is 24.3 Å². The second kappa shape index (κ2) is 10.4. The van der Waals surface area contributed by atoms with Crippen LogP contribution in [0.1, 0.15) is 80.0 Å². The minimum atomic E-state index is -0.381. The van der Waals surface area contributed by atoms with E-state index in [4.69, 9.17) is 9.47 Å². The van der Waals surface area contributed by atoms with Crippen molar-refractivity contribution in [1.82, 2.24) is 9.80 Å². The van der Waals surface area contributed by atoms with Crippen molar-refractivity contribution in [2.24, 2.45) is 0 Å². The summed E-state index contributed by atoms with van der Waals surface area (Å²) in [6, 6.07) is 6.45. The molecule has 2 aliphatic rings. The number of methoxy groups -OCH3 is 2. The Balaban J connectivity index is 1.62. The van der Waals surface area contributed by atoms with E-state index in [1.165, 1.54) is 9.80 Å². The van der Waals surface area contributed by atoms with Gasteiger partial charge >= 0.3 is 0 Å². The van der Waals surface area contributed by atoms with Crippen molar-refractivity contribution in [3.63, 3.8) is 0 Å². The molecule has 4 rings (SSSR count). The molecule has 0 saturated carbocycles. The molecule has 180 valence electrons. The van der Waals surface area contributed by atoms with Gasteiger partial charge in [-0.2, -0.15) is 0 Å². The quantitative estimate of drug-likeness (QED) is 0.350. The largest absolute Gasteiger partial charge is 0.385 e. The fourth-order valence-corrected chi connectivity index (χ4v) is 4.77. The van der Waals surface area contributed by atoms with Gasteiger partial charge < -0.3 is 9.47 Å². The molecule has 0 aliphatic carbocycles. The lowest BCUT2D eigenvalue weighted by molar-refractivity contribution is 0.0585. The predicted molar refractivity (Wildman–Crippen MR) is 126 cm³/mol. The van der Waals surface area contributed by atoms with Gasteiger partial charge in [0.15, 0.2) is 0 Å². The number of carbonyl (C=O) groups excluding carboxylic acids is 4. The van der Waals surface area contributed by atoms with Crippen LogP contribution in [-0.2, 0) is 9.47 Å². The molecule has 2 heterocycles. The van der Waals surface area contributed by atoms with Crippen LogP contribution >= 0.6 is 0 Å². The van der Waals surface area contributed by atoms with Crippen molar-refractivity contribution < 1.29 is 28.7 Å². The topological polar surface area (TPSA) is 93.2 Å². The molecular formula is C26H30N2O6. The van der Waals surface area contributed by atoms with Crippen molar-refractivity contribution in [2.45, 2.75) is 38.5 Å². The van der Waals surface area contributed by atoms with Gasteiger partial charge in [0.1, 0.15) is 0 Å². The van der Waals surface area contributed by atoms with Gasteiger partial charge in [-0.15, -0.1) is 0 Å². The van der Waals surface area contributed by atoms with Crippen LogP contribution in [0.3, 0.4) is 0 Å². The molecule has 0 N–H and O–H groups in total. The van der Waals surface area contributed by atoms with E-state index in [9.17, 15) is 19.2 Å². The molecule has 4 amide bonds. The molecule has 2 aliphatic heterocycles. The Morgan fingerprint density at radius 1 is 0.529 bits per heavy atom. The van der Waals surface area contributed by atoms with Crippen LogP contribution in [0.5, 0.6) is 0 Å². The van der Waals surface area contributed by atoms with Gasteiger partial charge in [-0.3, -0.25) is 29.0 Å². The summed E-state index contributed by atoms with van der Waals surface area (Å²) in [4.78, 5) is 55.4. The molecule has 0 unspecified atom stereocenters. The van der Waals surface area contributed by atoms with E-state index in [1.807, 2.05) is 0 Å². The van der Waals surface area contributed by atoms with Gasteiger partial charge in [-0.05, 0) is 62.8 Å². The lowest BCUT2D eigenvalue weighted by Gasteiger charge is -2.32. The number of carbonyl (C=O) groups is 4. The maximum Gasteiger partial charge on any atom is 0.261 e. The minimum absolute atomic E-state index is 0.320. The number of unbranched alkanes of at least 4 members (excludes halogenated alkanes) is 4. The minimum Gasteiger partial charge on any atom is -0.385 e. The number of imide groups is 2. The zero-order valence-electron chi connectivity index (χ0n) is 19.7. The number of rotatable bonds is 12. The maximum atomic E-state index is 13.2. The third-order valence-electron chi connectivity index (χ3n) is 6.52. The van der Waals surface area contributed by atoms with E-state index >= 15 is 0 Å². The number of amides is 4. The summed E-state index contributed by atoms with van der Waals surface area (Å²) in [6.45, 7) is 1.92. The van der Waals surface area contributed by atoms with Gasteiger partial charge in [0.2, 0.25) is 0 Å². The Labute approximate surface area is 198 Å². The Morgan fingerprint density at radius 3 is 1.15 bits per heavy atom. The summed E-state index contributed by atoms with van der Waals surface area (Å²) >= 11 is 0. The number of ether oxygens (including phenoxy) is 2. The van der Waals surface area contributed by atoms with Crippen molar-refractivity contribution >= 4 is 34.4 Å². The number of hydrogen-bond acceptors (Lipinski definition) is 6. The van der Waals surface area contributed by atoms with Gasteiger partial charge in [0.05, 0.1) is 0 Å². The summed E-state index contributed by atoms with van der Waals surface area (Å²) in [5, 5.41) is 0.837. The molecule has 0 bridgehead atoms. The van der Waals surface area contributed by atoms with Crippen molar-refractivity contribution in [1.29, 1.82) is 0 Å². The van der Waals surface area contributed by atoms with Crippen molar-refractivity contribution in [3.05, 3.63) is 46.5 Å². The molecule has 0 atom stereocenters. The monoisotopic (exact) mass is 466 g/mol. The molecule has 0 saturated heterocycles. The summed E-state index contributed by atoms with van der Waals surface area (Å²) in [7, 11) is 3.29. The fraction of sp³-hybridized carbons (Fsp3) is 0.462. The Morgan fingerprint density at radius 2 is 0.853 bits per heavy atom. The van der Waals surface area contributed by atoms with Crippen LogP contribution in [0.4, 0.5) is 0 Å². The molecule has 0 aromatic heterocycles. The average Bonchev–Trinajstić information content (AvgIpc) is 2.84. The molecule has 0 spiro atoms. The zero-order valence-corrected chi connectivity index (χ0v) is 19.7. The predicted octanol–water partition coefficient (Wildman–Crippen LogP) is 3.67. The van der Waals surface area contributed by atoms with E-state index in [-0.39, 0.29) is 23.6 Å². The van der Waals surface area contributed by atoms with Crippen LogP contribution in [0.2, 0.25) is 0 Å². The second-order valence-corrected chi connectivity index (χ2v) is 8.70. The summed E-state index contributed by atoms with van der Waals surface area (Å²) in [5.41, 5.74) is 1.45. The maximum absolute atomic E-state index is 13.2. The van der Waals surface area contributed by atoms with E-state index in [1.54, 1.807) is 38.5 Å². The molecule has 0 radical (unpaired) electrons. The van der Waals surface area contributed by atoms with E-state index in [0.717, 1.165) is 25.7 Å². The van der Waals surface area contributed by atoms with Crippen LogP contribution < -0.4 is 0 Å². The van der Waals surface area contributed by atoms with E-state index in [2.05, 4.69) is 0 Å². The third kappa shape index (κ3) is 4.23. The highest BCUT2D eigenvalue weighted by molar-refractivity contribution is 6.33. The lowest BCUT2D eigenvalue weighted by Crippen LogP contribution is -2.43. The third-order valence-corrected chi connectivity index (χ3v) is 6.52. The molecule has 2 aromatic carbocycles. The highest BCUT2D eigenvalue weighted by Crippen LogP contribution is 2.38. The summed E-state index contributed by atoms with van der Waals surface area (Å²) < 4.78 is 10.1. The average molecular weight is 467 g/mol. The van der Waals surface area contributed by atoms with Crippen LogP contribution in [0, 0.1) is 0 Å². The Hall–Kier alpha value is -3.10. The molecule has 0 fully saturated rings. The fourth-order valence-electron chi connectivity index (χ4n) is 4.77. The SMILES string of the molecule is COCCCCCN1C(=O)c2ccc3c4c(ccc(c24)C1=O)C(=O)N(CCCCCOC)C3=O. The number of benzene rings is 2. The van der Waals surface area contributed by atoms with Gasteiger partial charge in [0, 0.05) is 73.5 Å². The zero-order chi connectivity index (χ0) is 24.2. The molecule has 8 heteroatoms. The first kappa shape index (κ1) is 24.0. The van der Waals surface area contributed by atoms with E-state index in [0.29, 0.717) is 72.2 Å². The highest BCUT2D eigenvalue weighted by Gasteiger charge is 2.39. The first-order valence-corrected chi connectivity index (χ1v) is 11.8. The van der Waals surface area contributed by atoms with Crippen molar-refractivity contribution in [2.75, 3.05) is 40.5 Å². The second-order valence-electron chi connectivity index (χ2n) is 8.70. The van der Waals surface area contributed by atoms with Crippen LogP contribution in [0.25, 0.3) is 10.8 Å². The van der Waals surface area contributed by atoms with Gasteiger partial charge in [-0.1, -0.05) is 0 Å². The van der Waals surface area contributed by atoms with Gasteiger partial charge in [-0.25, -0.2) is 0 Å². The van der Waals surface area contributed by atoms with Gasteiger partial charge in [0.25, 0.3) is 23.6 Å². The first-order chi connectivity index (χ1) is 16.5. The molecule has 8 nitrogen and oxygen atoms in total. The molecular weight excluding hydrogens is 436 g/mol. The smallest absolute Gasteiger partial charge is 0.261 e. The number of nitrogens with zero attached hydrogens (tertiary/aromatic N) is 2. The lowest BCUT2D eigenvalue weighted by atomic mass is 9.86. The summed E-state index contributed by atoms with van der Waals surface area (Å²) in [6.07, 6.45) is 4.78. The Kier molecular flexibility index (Phi) is 7.38. The normalized spacial score (nSPS) is 15.1. The Bertz CT molecular complexity index is 983. The van der Waals surface area contributed by atoms with E-state index < -0.39 is 0 Å². The summed E-state index contributed by atoms with van der Waals surface area (Å²) in [5.74, 6) is -1.52. The standard InChI is InChI=1S/C26H30N2O6/c1-33-15-7-3-5-13-27-23(29)17-9-11-19-22-20(12-10-18(21(17)22)24(27)30)26(32)28(25(19)31)14-6-4-8-16-34-2/h9-12H,3-8,13-16H2,1-2H3. The van der Waals surface area contributed by atoms with Crippen LogP contribution in [-0.4, -0.2) is 74.0 Å². The molecule has 34 heavy (non-hydrogen) atoms. The highest BCUT2D eigenvalue weighted by atomic mass is 16.5.